The number of rotatable bonds is 5. The summed E-state index contributed by atoms with van der Waals surface area (Å²) in [7, 11) is 1.40. The van der Waals surface area contributed by atoms with Crippen molar-refractivity contribution in [1.82, 2.24) is 5.32 Å². The molecular weight excluding hydrogens is 218 g/mol. The Labute approximate surface area is 104 Å². The van der Waals surface area contributed by atoms with Gasteiger partial charge in [0.25, 0.3) is 0 Å². The van der Waals surface area contributed by atoms with Gasteiger partial charge in [0.2, 0.25) is 0 Å². The van der Waals surface area contributed by atoms with Gasteiger partial charge in [0, 0.05) is 6.54 Å². The summed E-state index contributed by atoms with van der Waals surface area (Å²) in [6.45, 7) is 4.42. The van der Waals surface area contributed by atoms with Gasteiger partial charge in [-0.25, -0.2) is 0 Å². The predicted octanol–water partition coefficient (Wildman–Crippen LogP) is 1.47. The van der Waals surface area contributed by atoms with Crippen molar-refractivity contribution in [2.24, 2.45) is 5.92 Å². The molecule has 0 amide bonds. The number of hydrogen-bond acceptors (Lipinski definition) is 4. The zero-order chi connectivity index (χ0) is 12.9. The van der Waals surface area contributed by atoms with Crippen molar-refractivity contribution < 1.29 is 14.6 Å². The molecule has 0 aromatic heterocycles. The van der Waals surface area contributed by atoms with Crippen molar-refractivity contribution in [2.75, 3.05) is 13.7 Å². The van der Waals surface area contributed by atoms with Gasteiger partial charge in [-0.1, -0.05) is 33.1 Å². The van der Waals surface area contributed by atoms with Crippen molar-refractivity contribution in [1.29, 1.82) is 0 Å². The van der Waals surface area contributed by atoms with Gasteiger partial charge >= 0.3 is 5.97 Å². The van der Waals surface area contributed by atoms with Gasteiger partial charge in [0.15, 0.2) is 0 Å². The van der Waals surface area contributed by atoms with E-state index in [2.05, 4.69) is 5.32 Å². The molecule has 100 valence electrons. The third-order valence-electron chi connectivity index (χ3n) is 3.56. The van der Waals surface area contributed by atoms with E-state index in [1.54, 1.807) is 0 Å². The van der Waals surface area contributed by atoms with E-state index in [1.807, 2.05) is 13.8 Å². The van der Waals surface area contributed by atoms with Crippen LogP contribution in [0.1, 0.15) is 46.0 Å². The molecule has 4 heteroatoms. The Morgan fingerprint density at radius 2 is 1.94 bits per heavy atom. The minimum Gasteiger partial charge on any atom is -0.468 e. The highest BCUT2D eigenvalue weighted by molar-refractivity contribution is 5.75. The van der Waals surface area contributed by atoms with Crippen LogP contribution in [0.4, 0.5) is 0 Å². The third kappa shape index (κ3) is 4.28. The first kappa shape index (κ1) is 14.5. The van der Waals surface area contributed by atoms with Crippen LogP contribution in [0.25, 0.3) is 0 Å². The molecule has 0 heterocycles. The van der Waals surface area contributed by atoms with Crippen molar-refractivity contribution in [3.63, 3.8) is 0 Å². The Kier molecular flexibility index (Phi) is 5.40. The molecule has 1 unspecified atom stereocenters. The summed E-state index contributed by atoms with van der Waals surface area (Å²) >= 11 is 0. The Balaban J connectivity index is 2.48. The normalized spacial score (nSPS) is 21.2. The molecule has 1 aliphatic carbocycles. The van der Waals surface area contributed by atoms with Gasteiger partial charge in [-0.2, -0.15) is 0 Å². The lowest BCUT2D eigenvalue weighted by atomic mass is 9.84. The molecule has 1 aliphatic rings. The molecule has 1 atom stereocenters. The van der Waals surface area contributed by atoms with Crippen molar-refractivity contribution >= 4 is 5.97 Å². The van der Waals surface area contributed by atoms with Gasteiger partial charge in [-0.15, -0.1) is 0 Å². The highest BCUT2D eigenvalue weighted by Crippen LogP contribution is 2.27. The van der Waals surface area contributed by atoms with Crippen LogP contribution in [0.2, 0.25) is 0 Å². The minimum absolute atomic E-state index is 0.162. The molecular formula is C13H25NO3. The largest absolute Gasteiger partial charge is 0.468 e. The van der Waals surface area contributed by atoms with Crippen LogP contribution in [0, 0.1) is 5.92 Å². The smallest absolute Gasteiger partial charge is 0.323 e. The predicted molar refractivity (Wildman–Crippen MR) is 66.7 cm³/mol. The molecule has 4 nitrogen and oxygen atoms in total. The SMILES string of the molecule is COC(=O)C(NCC1(O)CCCCC1)C(C)C. The first-order valence-electron chi connectivity index (χ1n) is 6.52. The number of aliphatic hydroxyl groups is 1. The molecule has 1 saturated carbocycles. The first-order valence-corrected chi connectivity index (χ1v) is 6.52. The molecule has 17 heavy (non-hydrogen) atoms. The topological polar surface area (TPSA) is 58.6 Å². The number of nitrogens with one attached hydrogen (secondary N) is 1. The Bertz CT molecular complexity index is 247. The number of ether oxygens (including phenoxy) is 1. The monoisotopic (exact) mass is 243 g/mol. The van der Waals surface area contributed by atoms with Crippen LogP contribution < -0.4 is 5.32 Å². The van der Waals surface area contributed by atoms with E-state index >= 15 is 0 Å². The molecule has 0 aromatic rings. The van der Waals surface area contributed by atoms with E-state index in [-0.39, 0.29) is 17.9 Å². The quantitative estimate of drug-likeness (QED) is 0.718. The molecule has 0 bridgehead atoms. The van der Waals surface area contributed by atoms with E-state index in [9.17, 15) is 9.90 Å². The van der Waals surface area contributed by atoms with Gasteiger partial charge in [-0.05, 0) is 18.8 Å². The van der Waals surface area contributed by atoms with Gasteiger partial charge < -0.3 is 15.2 Å². The summed E-state index contributed by atoms with van der Waals surface area (Å²) in [5.74, 6) is -0.0888. The van der Waals surface area contributed by atoms with E-state index in [4.69, 9.17) is 4.74 Å². The zero-order valence-electron chi connectivity index (χ0n) is 11.2. The fourth-order valence-corrected chi connectivity index (χ4v) is 2.40. The summed E-state index contributed by atoms with van der Waals surface area (Å²) < 4.78 is 4.76. The van der Waals surface area contributed by atoms with Crippen LogP contribution in [-0.2, 0) is 9.53 Å². The summed E-state index contributed by atoms with van der Waals surface area (Å²) in [6, 6.07) is -0.328. The lowest BCUT2D eigenvalue weighted by Crippen LogP contribution is -2.50. The Morgan fingerprint density at radius 1 is 1.35 bits per heavy atom. The number of hydrogen-bond donors (Lipinski definition) is 2. The standard InChI is InChI=1S/C13H25NO3/c1-10(2)11(12(15)17-3)14-9-13(16)7-5-4-6-8-13/h10-11,14,16H,4-9H2,1-3H3. The second-order valence-electron chi connectivity index (χ2n) is 5.41. The molecule has 0 radical (unpaired) electrons. The highest BCUT2D eigenvalue weighted by Gasteiger charge is 2.31. The molecule has 0 aromatic carbocycles. The Hall–Kier alpha value is -0.610. The van der Waals surface area contributed by atoms with Crippen LogP contribution in [0.3, 0.4) is 0 Å². The van der Waals surface area contributed by atoms with Gasteiger partial charge in [0.05, 0.1) is 12.7 Å². The minimum atomic E-state index is -0.639. The van der Waals surface area contributed by atoms with Crippen LogP contribution in [0.5, 0.6) is 0 Å². The zero-order valence-corrected chi connectivity index (χ0v) is 11.2. The molecule has 1 rings (SSSR count). The summed E-state index contributed by atoms with van der Waals surface area (Å²) in [5.41, 5.74) is -0.639. The maximum atomic E-state index is 11.6. The molecule has 0 aliphatic heterocycles. The highest BCUT2D eigenvalue weighted by atomic mass is 16.5. The number of esters is 1. The second-order valence-corrected chi connectivity index (χ2v) is 5.41. The van der Waals surface area contributed by atoms with Crippen molar-refractivity contribution in [2.45, 2.75) is 57.6 Å². The molecule has 0 saturated heterocycles. The average molecular weight is 243 g/mol. The van der Waals surface area contributed by atoms with E-state index < -0.39 is 5.60 Å². The summed E-state index contributed by atoms with van der Waals surface area (Å²) in [4.78, 5) is 11.6. The van der Waals surface area contributed by atoms with E-state index in [0.29, 0.717) is 6.54 Å². The molecule has 2 N–H and O–H groups in total. The molecule has 0 spiro atoms. The second kappa shape index (κ2) is 6.36. The van der Waals surface area contributed by atoms with E-state index in [0.717, 1.165) is 25.7 Å². The number of carbonyl (C=O) groups excluding carboxylic acids is 1. The molecule has 1 fully saturated rings. The van der Waals surface area contributed by atoms with Crippen molar-refractivity contribution in [3.05, 3.63) is 0 Å². The van der Waals surface area contributed by atoms with Crippen LogP contribution in [0.15, 0.2) is 0 Å². The lowest BCUT2D eigenvalue weighted by molar-refractivity contribution is -0.144. The van der Waals surface area contributed by atoms with Gasteiger partial charge in [0.1, 0.15) is 6.04 Å². The number of carbonyl (C=O) groups is 1. The first-order chi connectivity index (χ1) is 7.98. The van der Waals surface area contributed by atoms with Crippen molar-refractivity contribution in [3.8, 4) is 0 Å². The van der Waals surface area contributed by atoms with Gasteiger partial charge in [-0.3, -0.25) is 4.79 Å². The fourth-order valence-electron chi connectivity index (χ4n) is 2.40. The van der Waals surface area contributed by atoms with Crippen LogP contribution >= 0.6 is 0 Å². The van der Waals surface area contributed by atoms with E-state index in [1.165, 1.54) is 13.5 Å². The maximum absolute atomic E-state index is 11.6. The third-order valence-corrected chi connectivity index (χ3v) is 3.56. The van der Waals surface area contributed by atoms with Crippen LogP contribution in [-0.4, -0.2) is 36.4 Å². The fraction of sp³-hybridized carbons (Fsp3) is 0.923. The Morgan fingerprint density at radius 3 is 2.41 bits per heavy atom. The lowest BCUT2D eigenvalue weighted by Gasteiger charge is -2.34. The summed E-state index contributed by atoms with van der Waals surface area (Å²) in [5, 5.41) is 13.5. The maximum Gasteiger partial charge on any atom is 0.323 e. The summed E-state index contributed by atoms with van der Waals surface area (Å²) in [6.07, 6.45) is 5.00. The number of methoxy groups -OCH3 is 1. The average Bonchev–Trinajstić information content (AvgIpc) is 2.29.